The quantitative estimate of drug-likeness (QED) is 0.853. The van der Waals surface area contributed by atoms with E-state index in [2.05, 4.69) is 51.2 Å². The van der Waals surface area contributed by atoms with Gasteiger partial charge in [-0.3, -0.25) is 0 Å². The van der Waals surface area contributed by atoms with Crippen molar-refractivity contribution < 1.29 is 0 Å². The molecule has 3 N–H and O–H groups in total. The Morgan fingerprint density at radius 1 is 1.26 bits per heavy atom. The molecule has 2 nitrogen and oxygen atoms in total. The highest BCUT2D eigenvalue weighted by Crippen LogP contribution is 2.43. The maximum absolute atomic E-state index is 5.82. The van der Waals surface area contributed by atoms with Crippen LogP contribution < -0.4 is 11.1 Å². The molecular weight excluding hydrogens is 232 g/mol. The van der Waals surface area contributed by atoms with Crippen LogP contribution >= 0.6 is 0 Å². The van der Waals surface area contributed by atoms with Gasteiger partial charge in [0, 0.05) is 13.1 Å². The summed E-state index contributed by atoms with van der Waals surface area (Å²) in [5, 5.41) is 3.59. The zero-order chi connectivity index (χ0) is 14.1. The lowest BCUT2D eigenvalue weighted by molar-refractivity contribution is 0.467. The minimum absolute atomic E-state index is 0.220. The Balaban J connectivity index is 1.99. The maximum Gasteiger partial charge on any atom is 0.0208 e. The first-order chi connectivity index (χ1) is 8.86. The molecular formula is C17H28N2. The van der Waals surface area contributed by atoms with E-state index in [1.165, 1.54) is 29.5 Å². The Labute approximate surface area is 117 Å². The fraction of sp³-hybridized carbons (Fsp3) is 0.647. The minimum Gasteiger partial charge on any atom is -0.330 e. The first kappa shape index (κ1) is 14.5. The molecule has 1 aromatic carbocycles. The number of nitrogens with one attached hydrogen (secondary N) is 1. The zero-order valence-electron chi connectivity index (χ0n) is 12.8. The van der Waals surface area contributed by atoms with Gasteiger partial charge in [0.2, 0.25) is 0 Å². The predicted octanol–water partition coefficient (Wildman–Crippen LogP) is 3.12. The maximum atomic E-state index is 5.82. The van der Waals surface area contributed by atoms with Gasteiger partial charge in [0.15, 0.2) is 0 Å². The fourth-order valence-corrected chi connectivity index (χ4v) is 2.42. The third-order valence-corrected chi connectivity index (χ3v) is 4.42. The second kappa shape index (κ2) is 5.26. The van der Waals surface area contributed by atoms with Crippen LogP contribution in [0.4, 0.5) is 0 Å². The van der Waals surface area contributed by atoms with E-state index in [4.69, 9.17) is 5.73 Å². The van der Waals surface area contributed by atoms with Crippen molar-refractivity contribution in [3.8, 4) is 0 Å². The molecule has 0 bridgehead atoms. The third-order valence-electron chi connectivity index (χ3n) is 4.42. The predicted molar refractivity (Wildman–Crippen MR) is 82.3 cm³/mol. The first-order valence-electron chi connectivity index (χ1n) is 7.37. The number of hydrogen-bond donors (Lipinski definition) is 2. The lowest BCUT2D eigenvalue weighted by atomic mass is 9.85. The molecule has 106 valence electrons. The van der Waals surface area contributed by atoms with Crippen molar-refractivity contribution in [3.05, 3.63) is 34.9 Å². The van der Waals surface area contributed by atoms with E-state index >= 15 is 0 Å². The number of aryl methyl sites for hydroxylation is 1. The van der Waals surface area contributed by atoms with Crippen LogP contribution in [0.15, 0.2) is 18.2 Å². The van der Waals surface area contributed by atoms with Gasteiger partial charge in [0.25, 0.3) is 0 Å². The summed E-state index contributed by atoms with van der Waals surface area (Å²) in [6.45, 7) is 11.8. The van der Waals surface area contributed by atoms with Crippen molar-refractivity contribution in [2.45, 2.75) is 52.5 Å². The van der Waals surface area contributed by atoms with Gasteiger partial charge >= 0.3 is 0 Å². The molecule has 1 fully saturated rings. The molecule has 0 amide bonds. The molecule has 0 radical (unpaired) electrons. The van der Waals surface area contributed by atoms with Crippen molar-refractivity contribution in [3.63, 3.8) is 0 Å². The average molecular weight is 260 g/mol. The van der Waals surface area contributed by atoms with Gasteiger partial charge in [0.05, 0.1) is 0 Å². The van der Waals surface area contributed by atoms with Gasteiger partial charge < -0.3 is 11.1 Å². The molecule has 0 unspecified atom stereocenters. The molecule has 1 aliphatic carbocycles. The van der Waals surface area contributed by atoms with Crippen molar-refractivity contribution in [2.75, 3.05) is 13.1 Å². The van der Waals surface area contributed by atoms with Crippen molar-refractivity contribution in [2.24, 2.45) is 11.1 Å². The average Bonchev–Trinajstić information content (AvgIpc) is 3.11. The lowest BCUT2D eigenvalue weighted by Gasteiger charge is -2.21. The van der Waals surface area contributed by atoms with Crippen molar-refractivity contribution in [1.82, 2.24) is 5.32 Å². The van der Waals surface area contributed by atoms with E-state index < -0.39 is 0 Å². The number of nitrogens with two attached hydrogens (primary N) is 1. The topological polar surface area (TPSA) is 38.0 Å². The smallest absolute Gasteiger partial charge is 0.0208 e. The summed E-state index contributed by atoms with van der Waals surface area (Å²) in [4.78, 5) is 0. The number of rotatable bonds is 5. The monoisotopic (exact) mass is 260 g/mol. The van der Waals surface area contributed by atoms with Crippen LogP contribution in [0.25, 0.3) is 0 Å². The Morgan fingerprint density at radius 2 is 1.95 bits per heavy atom. The molecule has 1 aromatic rings. The molecule has 0 heterocycles. The van der Waals surface area contributed by atoms with E-state index in [-0.39, 0.29) is 5.41 Å². The molecule has 19 heavy (non-hydrogen) atoms. The van der Waals surface area contributed by atoms with Gasteiger partial charge in [0.1, 0.15) is 0 Å². The molecule has 0 aromatic heterocycles. The Hall–Kier alpha value is -0.860. The molecule has 1 aliphatic rings. The Morgan fingerprint density at radius 3 is 2.47 bits per heavy atom. The van der Waals surface area contributed by atoms with E-state index in [0.717, 1.165) is 19.6 Å². The number of hydrogen-bond acceptors (Lipinski definition) is 2. The summed E-state index contributed by atoms with van der Waals surface area (Å²) in [5.74, 6) is 0. The summed E-state index contributed by atoms with van der Waals surface area (Å²) < 4.78 is 0. The highest BCUT2D eigenvalue weighted by atomic mass is 14.9. The molecule has 1 saturated carbocycles. The van der Waals surface area contributed by atoms with E-state index in [1.54, 1.807) is 0 Å². The molecule has 2 heteroatoms. The van der Waals surface area contributed by atoms with Gasteiger partial charge in [-0.05, 0) is 53.8 Å². The van der Waals surface area contributed by atoms with Gasteiger partial charge in [-0.25, -0.2) is 0 Å². The van der Waals surface area contributed by atoms with Crippen LogP contribution in [0, 0.1) is 12.3 Å². The van der Waals surface area contributed by atoms with Crippen LogP contribution in [0.3, 0.4) is 0 Å². The van der Waals surface area contributed by atoms with Crippen LogP contribution in [-0.2, 0) is 12.0 Å². The fourth-order valence-electron chi connectivity index (χ4n) is 2.42. The largest absolute Gasteiger partial charge is 0.330 e. The molecule has 0 spiro atoms. The second-order valence-corrected chi connectivity index (χ2v) is 7.20. The Bertz CT molecular complexity index is 439. The van der Waals surface area contributed by atoms with Crippen LogP contribution in [-0.4, -0.2) is 13.1 Å². The van der Waals surface area contributed by atoms with Gasteiger partial charge in [-0.2, -0.15) is 0 Å². The van der Waals surface area contributed by atoms with Crippen LogP contribution in [0.2, 0.25) is 0 Å². The number of benzene rings is 1. The summed E-state index contributed by atoms with van der Waals surface area (Å²) in [5.41, 5.74) is 10.7. The van der Waals surface area contributed by atoms with Crippen LogP contribution in [0.5, 0.6) is 0 Å². The summed E-state index contributed by atoms with van der Waals surface area (Å²) in [6.07, 6.45) is 2.58. The molecule has 0 atom stereocenters. The molecule has 2 rings (SSSR count). The van der Waals surface area contributed by atoms with Crippen molar-refractivity contribution >= 4 is 0 Å². The summed E-state index contributed by atoms with van der Waals surface area (Å²) in [6, 6.07) is 6.85. The standard InChI is InChI=1S/C17H28N2/c1-13-5-6-15(16(2,3)4)9-14(13)10-19-12-17(11-18)7-8-17/h5-6,9,19H,7-8,10-12,18H2,1-4H3. The van der Waals surface area contributed by atoms with E-state index in [1.807, 2.05) is 0 Å². The van der Waals surface area contributed by atoms with E-state index in [0.29, 0.717) is 5.41 Å². The zero-order valence-corrected chi connectivity index (χ0v) is 12.8. The Kier molecular flexibility index (Phi) is 4.03. The normalized spacial score (nSPS) is 17.5. The second-order valence-electron chi connectivity index (χ2n) is 7.20. The van der Waals surface area contributed by atoms with Crippen LogP contribution in [0.1, 0.15) is 50.3 Å². The summed E-state index contributed by atoms with van der Waals surface area (Å²) in [7, 11) is 0. The highest BCUT2D eigenvalue weighted by Gasteiger charge is 2.40. The van der Waals surface area contributed by atoms with Crippen molar-refractivity contribution in [1.29, 1.82) is 0 Å². The lowest BCUT2D eigenvalue weighted by Crippen LogP contribution is -2.29. The summed E-state index contributed by atoms with van der Waals surface area (Å²) >= 11 is 0. The van der Waals surface area contributed by atoms with Gasteiger partial charge in [-0.1, -0.05) is 39.0 Å². The van der Waals surface area contributed by atoms with Gasteiger partial charge in [-0.15, -0.1) is 0 Å². The molecule has 0 aliphatic heterocycles. The SMILES string of the molecule is Cc1ccc(C(C)(C)C)cc1CNCC1(CN)CC1. The first-order valence-corrected chi connectivity index (χ1v) is 7.37. The third kappa shape index (κ3) is 3.58. The highest BCUT2D eigenvalue weighted by molar-refractivity contribution is 5.34. The minimum atomic E-state index is 0.220. The molecule has 0 saturated heterocycles. The van der Waals surface area contributed by atoms with E-state index in [9.17, 15) is 0 Å².